The van der Waals surface area contributed by atoms with E-state index in [1.165, 1.54) is 27.4 Å². The van der Waals surface area contributed by atoms with Gasteiger partial charge in [-0.15, -0.1) is 0 Å². The van der Waals surface area contributed by atoms with Gasteiger partial charge in [0.15, 0.2) is 0 Å². The van der Waals surface area contributed by atoms with Crippen LogP contribution in [0.2, 0.25) is 5.02 Å². The lowest BCUT2D eigenvalue weighted by atomic mass is 10.1. The highest BCUT2D eigenvalue weighted by molar-refractivity contribution is 6.32. The van der Waals surface area contributed by atoms with Gasteiger partial charge in [0, 0.05) is 18.5 Å². The van der Waals surface area contributed by atoms with Gasteiger partial charge >= 0.3 is 0 Å². The molecule has 5 aromatic rings. The average Bonchev–Trinajstić information content (AvgIpc) is 3.11. The standard InChI is InChI=1S/C24H17ClN4O3/c25-18-5-1-2-6-20(18)29-24(32)22-19(27-29)12-21(31)28(14-15-4-3-11-26-13-15)23(22)16-7-9-17(30)10-8-16/h1-13,27,30H,14H2. The fourth-order valence-electron chi connectivity index (χ4n) is 3.79. The molecule has 0 fully saturated rings. The number of fused-ring (bicyclic) bond motifs is 1. The minimum absolute atomic E-state index is 0.0876. The average molecular weight is 445 g/mol. The van der Waals surface area contributed by atoms with E-state index < -0.39 is 0 Å². The first-order valence-corrected chi connectivity index (χ1v) is 10.2. The summed E-state index contributed by atoms with van der Waals surface area (Å²) in [6.45, 7) is 0.232. The predicted octanol–water partition coefficient (Wildman–Crippen LogP) is 3.95. The second-order valence-corrected chi connectivity index (χ2v) is 7.73. The molecule has 2 aromatic carbocycles. The molecule has 0 atom stereocenters. The van der Waals surface area contributed by atoms with Crippen molar-refractivity contribution in [2.75, 3.05) is 0 Å². The van der Waals surface area contributed by atoms with Gasteiger partial charge in [-0.2, -0.15) is 0 Å². The highest BCUT2D eigenvalue weighted by Gasteiger charge is 2.20. The number of para-hydroxylation sites is 1. The monoisotopic (exact) mass is 444 g/mol. The zero-order chi connectivity index (χ0) is 22.2. The van der Waals surface area contributed by atoms with E-state index in [1.807, 2.05) is 6.07 Å². The van der Waals surface area contributed by atoms with E-state index >= 15 is 0 Å². The van der Waals surface area contributed by atoms with Crippen molar-refractivity contribution in [3.8, 4) is 22.7 Å². The van der Waals surface area contributed by atoms with Gasteiger partial charge in [-0.05, 0) is 53.6 Å². The summed E-state index contributed by atoms with van der Waals surface area (Å²) >= 11 is 6.32. The Kier molecular flexibility index (Phi) is 4.88. The van der Waals surface area contributed by atoms with Crippen molar-refractivity contribution in [1.82, 2.24) is 19.3 Å². The number of hydrogen-bond donors (Lipinski definition) is 2. The minimum atomic E-state index is -0.337. The summed E-state index contributed by atoms with van der Waals surface area (Å²) in [5, 5.41) is 13.5. The number of pyridine rings is 2. The molecule has 32 heavy (non-hydrogen) atoms. The van der Waals surface area contributed by atoms with Crippen LogP contribution in [-0.4, -0.2) is 24.4 Å². The van der Waals surface area contributed by atoms with Crippen LogP contribution >= 0.6 is 11.6 Å². The van der Waals surface area contributed by atoms with Gasteiger partial charge in [0.1, 0.15) is 5.75 Å². The van der Waals surface area contributed by atoms with Crippen molar-refractivity contribution < 1.29 is 5.11 Å². The number of nitrogens with one attached hydrogen (secondary N) is 1. The van der Waals surface area contributed by atoms with Crippen molar-refractivity contribution >= 4 is 22.5 Å². The second kappa shape index (κ2) is 7.86. The lowest BCUT2D eigenvalue weighted by Gasteiger charge is -2.14. The number of phenols is 1. The molecule has 0 aliphatic rings. The third kappa shape index (κ3) is 3.38. The first kappa shape index (κ1) is 19.8. The third-order valence-corrected chi connectivity index (χ3v) is 5.58. The molecule has 0 unspecified atom stereocenters. The van der Waals surface area contributed by atoms with E-state index in [2.05, 4.69) is 10.1 Å². The van der Waals surface area contributed by atoms with Crippen LogP contribution in [0.1, 0.15) is 5.56 Å². The van der Waals surface area contributed by atoms with Crippen molar-refractivity contribution in [2.24, 2.45) is 0 Å². The van der Waals surface area contributed by atoms with Gasteiger partial charge in [-0.25, -0.2) is 4.68 Å². The fraction of sp³-hybridized carbons (Fsp3) is 0.0417. The molecule has 2 N–H and O–H groups in total. The van der Waals surface area contributed by atoms with Gasteiger partial charge in [-0.1, -0.05) is 29.8 Å². The van der Waals surface area contributed by atoms with Gasteiger partial charge in [-0.3, -0.25) is 19.7 Å². The van der Waals surface area contributed by atoms with Crippen LogP contribution in [0.5, 0.6) is 5.75 Å². The molecular weight excluding hydrogens is 428 g/mol. The summed E-state index contributed by atoms with van der Waals surface area (Å²) in [6, 6.07) is 18.4. The van der Waals surface area contributed by atoms with Gasteiger partial charge in [0.2, 0.25) is 0 Å². The summed E-state index contributed by atoms with van der Waals surface area (Å²) in [4.78, 5) is 30.8. The Morgan fingerprint density at radius 2 is 1.78 bits per heavy atom. The number of aromatic nitrogens is 4. The highest BCUT2D eigenvalue weighted by atomic mass is 35.5. The molecule has 0 radical (unpaired) electrons. The van der Waals surface area contributed by atoms with E-state index in [0.29, 0.717) is 32.9 Å². The molecule has 7 nitrogen and oxygen atoms in total. The van der Waals surface area contributed by atoms with E-state index in [1.54, 1.807) is 54.9 Å². The Morgan fingerprint density at radius 1 is 1.00 bits per heavy atom. The summed E-state index contributed by atoms with van der Waals surface area (Å²) in [6.07, 6.45) is 3.33. The number of hydrogen-bond acceptors (Lipinski definition) is 4. The van der Waals surface area contributed by atoms with Gasteiger partial charge < -0.3 is 9.67 Å². The lowest BCUT2D eigenvalue weighted by Crippen LogP contribution is -2.23. The minimum Gasteiger partial charge on any atom is -0.508 e. The Balaban J connectivity index is 1.85. The zero-order valence-corrected chi connectivity index (χ0v) is 17.5. The van der Waals surface area contributed by atoms with Crippen LogP contribution in [0.3, 0.4) is 0 Å². The van der Waals surface area contributed by atoms with Gasteiger partial charge in [0.25, 0.3) is 11.1 Å². The number of aromatic hydroxyl groups is 1. The topological polar surface area (TPSA) is 92.9 Å². The Hall–Kier alpha value is -4.10. The van der Waals surface area contributed by atoms with Crippen molar-refractivity contribution in [3.63, 3.8) is 0 Å². The summed E-state index contributed by atoms with van der Waals surface area (Å²) in [5.41, 5.74) is 2.15. The van der Waals surface area contributed by atoms with E-state index in [4.69, 9.17) is 11.6 Å². The van der Waals surface area contributed by atoms with Crippen LogP contribution in [0, 0.1) is 0 Å². The Bertz CT molecular complexity index is 1550. The molecule has 0 saturated heterocycles. The van der Waals surface area contributed by atoms with E-state index in [9.17, 15) is 14.7 Å². The van der Waals surface area contributed by atoms with E-state index in [0.717, 1.165) is 5.56 Å². The zero-order valence-electron chi connectivity index (χ0n) is 16.7. The second-order valence-electron chi connectivity index (χ2n) is 7.32. The molecule has 0 aliphatic carbocycles. The number of rotatable bonds is 4. The molecule has 0 amide bonds. The van der Waals surface area contributed by atoms with E-state index in [-0.39, 0.29) is 23.4 Å². The molecular formula is C24H17ClN4O3. The number of benzene rings is 2. The maximum Gasteiger partial charge on any atom is 0.281 e. The van der Waals surface area contributed by atoms with Crippen molar-refractivity contribution in [3.05, 3.63) is 110 Å². The number of H-pyrrole nitrogens is 1. The predicted molar refractivity (Wildman–Crippen MR) is 124 cm³/mol. The summed E-state index contributed by atoms with van der Waals surface area (Å²) in [5.74, 6) is 0.0876. The van der Waals surface area contributed by atoms with Crippen molar-refractivity contribution in [1.29, 1.82) is 0 Å². The van der Waals surface area contributed by atoms with Gasteiger partial charge in [0.05, 0.1) is 33.9 Å². The van der Waals surface area contributed by atoms with Crippen LogP contribution in [0.25, 0.3) is 27.8 Å². The quantitative estimate of drug-likeness (QED) is 0.439. The highest BCUT2D eigenvalue weighted by Crippen LogP contribution is 2.28. The first-order chi connectivity index (χ1) is 15.5. The normalized spacial score (nSPS) is 11.2. The summed E-state index contributed by atoms with van der Waals surface area (Å²) < 4.78 is 2.88. The van der Waals surface area contributed by atoms with Crippen LogP contribution < -0.4 is 11.1 Å². The smallest absolute Gasteiger partial charge is 0.281 e. The molecule has 3 aromatic heterocycles. The number of phenolic OH excluding ortho intramolecular Hbond substituents is 1. The summed E-state index contributed by atoms with van der Waals surface area (Å²) in [7, 11) is 0. The maximum absolute atomic E-state index is 13.6. The molecule has 0 bridgehead atoms. The Morgan fingerprint density at radius 3 is 2.50 bits per heavy atom. The third-order valence-electron chi connectivity index (χ3n) is 5.26. The molecule has 158 valence electrons. The SMILES string of the molecule is O=c1c2c(-c3ccc(O)cc3)n(Cc3cccnc3)c(=O)cc2[nH]n1-c1ccccc1Cl. The molecule has 3 heterocycles. The van der Waals surface area contributed by atoms with Crippen LogP contribution in [0.4, 0.5) is 0 Å². The fourth-order valence-corrected chi connectivity index (χ4v) is 4.01. The Labute approximate surface area is 186 Å². The molecule has 0 spiro atoms. The molecule has 8 heteroatoms. The first-order valence-electron chi connectivity index (χ1n) is 9.85. The lowest BCUT2D eigenvalue weighted by molar-refractivity contribution is 0.475. The number of halogens is 1. The van der Waals surface area contributed by atoms with Crippen LogP contribution in [-0.2, 0) is 6.54 Å². The number of nitrogens with zero attached hydrogens (tertiary/aromatic N) is 3. The number of aromatic amines is 1. The van der Waals surface area contributed by atoms with Crippen molar-refractivity contribution in [2.45, 2.75) is 6.54 Å². The molecule has 0 aliphatic heterocycles. The molecule has 0 saturated carbocycles. The van der Waals surface area contributed by atoms with Crippen LogP contribution in [0.15, 0.2) is 88.7 Å². The molecule has 5 rings (SSSR count). The maximum atomic E-state index is 13.6. The largest absolute Gasteiger partial charge is 0.508 e.